The predicted molar refractivity (Wildman–Crippen MR) is 71.7 cm³/mol. The summed E-state index contributed by atoms with van der Waals surface area (Å²) >= 11 is 0. The van der Waals surface area contributed by atoms with Gasteiger partial charge in [0.2, 0.25) is 0 Å². The van der Waals surface area contributed by atoms with Crippen LogP contribution < -0.4 is 5.73 Å². The molecule has 1 spiro atoms. The second-order valence-electron chi connectivity index (χ2n) is 5.92. The fourth-order valence-electron chi connectivity index (χ4n) is 3.33. The molecule has 0 radical (unpaired) electrons. The van der Waals surface area contributed by atoms with Crippen LogP contribution >= 0.6 is 0 Å². The molecule has 3 rings (SSSR count). The number of aryl methyl sites for hydroxylation is 1. The largest absolute Gasteiger partial charge is 0.378 e. The van der Waals surface area contributed by atoms with Gasteiger partial charge in [-0.2, -0.15) is 5.10 Å². The first-order valence-corrected chi connectivity index (χ1v) is 7.07. The normalized spacial score (nSPS) is 32.9. The number of hydrogen-bond acceptors (Lipinski definition) is 4. The first kappa shape index (κ1) is 13.1. The lowest BCUT2D eigenvalue weighted by Gasteiger charge is -2.39. The van der Waals surface area contributed by atoms with Gasteiger partial charge < -0.3 is 15.2 Å². The van der Waals surface area contributed by atoms with Crippen molar-refractivity contribution in [2.45, 2.75) is 37.8 Å². The molecule has 5 heteroatoms. The predicted octanol–water partition coefficient (Wildman–Crippen LogP) is 1.31. The smallest absolute Gasteiger partial charge is 0.0940 e. The molecule has 2 N–H and O–H groups in total. The number of hydrogen-bond donors (Lipinski definition) is 1. The van der Waals surface area contributed by atoms with E-state index < -0.39 is 0 Å². The summed E-state index contributed by atoms with van der Waals surface area (Å²) in [5, 5.41) is 4.30. The molecule has 3 atom stereocenters. The van der Waals surface area contributed by atoms with Crippen LogP contribution in [-0.2, 0) is 16.5 Å². The standard InChI is InChI=1S/C14H23N3O2/c1-10-12(8-16-17(10)2)13(15)11-3-5-19-14(7-11)4-6-18-9-14/h8,11,13H,3-7,9,15H2,1-2H3. The SMILES string of the molecule is Cc1c(C(N)C2CCOC3(CCOC3)C2)cnn1C. The molecule has 0 saturated carbocycles. The maximum absolute atomic E-state index is 6.49. The number of nitrogens with two attached hydrogens (primary N) is 1. The van der Waals surface area contributed by atoms with Crippen molar-refractivity contribution < 1.29 is 9.47 Å². The molecule has 0 amide bonds. The lowest BCUT2D eigenvalue weighted by Crippen LogP contribution is -2.43. The summed E-state index contributed by atoms with van der Waals surface area (Å²) < 4.78 is 13.4. The van der Waals surface area contributed by atoms with Gasteiger partial charge in [0.1, 0.15) is 0 Å². The topological polar surface area (TPSA) is 62.3 Å². The van der Waals surface area contributed by atoms with Crippen molar-refractivity contribution in [2.24, 2.45) is 18.7 Å². The van der Waals surface area contributed by atoms with Gasteiger partial charge in [-0.25, -0.2) is 0 Å². The third kappa shape index (κ3) is 2.30. The third-order valence-electron chi connectivity index (χ3n) is 4.74. The maximum atomic E-state index is 6.49. The summed E-state index contributed by atoms with van der Waals surface area (Å²) in [7, 11) is 1.96. The molecular formula is C14H23N3O2. The lowest BCUT2D eigenvalue weighted by atomic mass is 9.79. The lowest BCUT2D eigenvalue weighted by molar-refractivity contribution is -0.101. The molecule has 2 fully saturated rings. The van der Waals surface area contributed by atoms with Crippen molar-refractivity contribution in [3.05, 3.63) is 17.5 Å². The van der Waals surface area contributed by atoms with E-state index in [2.05, 4.69) is 12.0 Å². The highest BCUT2D eigenvalue weighted by Crippen LogP contribution is 2.40. The van der Waals surface area contributed by atoms with Crippen LogP contribution in [0, 0.1) is 12.8 Å². The van der Waals surface area contributed by atoms with E-state index in [1.807, 2.05) is 17.9 Å². The highest BCUT2D eigenvalue weighted by molar-refractivity contribution is 5.21. The van der Waals surface area contributed by atoms with Gasteiger partial charge in [0.25, 0.3) is 0 Å². The van der Waals surface area contributed by atoms with Gasteiger partial charge in [0.05, 0.1) is 18.4 Å². The van der Waals surface area contributed by atoms with Crippen molar-refractivity contribution in [3.8, 4) is 0 Å². The zero-order valence-electron chi connectivity index (χ0n) is 11.8. The molecular weight excluding hydrogens is 242 g/mol. The van der Waals surface area contributed by atoms with Crippen LogP contribution in [0.4, 0.5) is 0 Å². The molecule has 3 heterocycles. The van der Waals surface area contributed by atoms with Crippen LogP contribution in [0.15, 0.2) is 6.20 Å². The van der Waals surface area contributed by atoms with E-state index >= 15 is 0 Å². The number of aromatic nitrogens is 2. The minimum absolute atomic E-state index is 0.0510. The van der Waals surface area contributed by atoms with Crippen LogP contribution in [0.25, 0.3) is 0 Å². The second-order valence-corrected chi connectivity index (χ2v) is 5.92. The van der Waals surface area contributed by atoms with Gasteiger partial charge in [0, 0.05) is 44.0 Å². The molecule has 5 nitrogen and oxygen atoms in total. The van der Waals surface area contributed by atoms with Gasteiger partial charge >= 0.3 is 0 Å². The van der Waals surface area contributed by atoms with Crippen LogP contribution in [0.3, 0.4) is 0 Å². The maximum Gasteiger partial charge on any atom is 0.0940 e. The summed E-state index contributed by atoms with van der Waals surface area (Å²) in [6.07, 6.45) is 4.94. The highest BCUT2D eigenvalue weighted by atomic mass is 16.6. The van der Waals surface area contributed by atoms with E-state index in [0.717, 1.165) is 44.8 Å². The zero-order chi connectivity index (χ0) is 13.5. The van der Waals surface area contributed by atoms with E-state index in [9.17, 15) is 0 Å². The molecule has 0 bridgehead atoms. The average Bonchev–Trinajstić information content (AvgIpc) is 2.98. The Labute approximate surface area is 114 Å². The quantitative estimate of drug-likeness (QED) is 0.876. The minimum atomic E-state index is -0.0728. The summed E-state index contributed by atoms with van der Waals surface area (Å²) in [6.45, 7) is 4.41. The fourth-order valence-corrected chi connectivity index (χ4v) is 3.33. The molecule has 19 heavy (non-hydrogen) atoms. The molecule has 1 aromatic heterocycles. The van der Waals surface area contributed by atoms with E-state index in [1.54, 1.807) is 0 Å². The van der Waals surface area contributed by atoms with Crippen molar-refractivity contribution in [3.63, 3.8) is 0 Å². The molecule has 3 unspecified atom stereocenters. The Kier molecular flexibility index (Phi) is 3.37. The first-order chi connectivity index (χ1) is 9.11. The summed E-state index contributed by atoms with van der Waals surface area (Å²) in [4.78, 5) is 0. The van der Waals surface area contributed by atoms with Gasteiger partial charge in [-0.05, 0) is 25.7 Å². The molecule has 0 aromatic carbocycles. The Morgan fingerprint density at radius 3 is 3.00 bits per heavy atom. The molecule has 0 aliphatic carbocycles. The molecule has 1 aromatic rings. The summed E-state index contributed by atoms with van der Waals surface area (Å²) in [6, 6.07) is 0.0510. The third-order valence-corrected chi connectivity index (χ3v) is 4.74. The van der Waals surface area contributed by atoms with E-state index in [4.69, 9.17) is 15.2 Å². The average molecular weight is 265 g/mol. The van der Waals surface area contributed by atoms with Crippen LogP contribution in [0.2, 0.25) is 0 Å². The number of ether oxygens (including phenoxy) is 2. The zero-order valence-corrected chi connectivity index (χ0v) is 11.8. The highest BCUT2D eigenvalue weighted by Gasteiger charge is 2.42. The fraction of sp³-hybridized carbons (Fsp3) is 0.786. The Balaban J connectivity index is 1.76. The van der Waals surface area contributed by atoms with Crippen molar-refractivity contribution in [1.29, 1.82) is 0 Å². The van der Waals surface area contributed by atoms with Crippen LogP contribution in [0.1, 0.15) is 36.6 Å². The van der Waals surface area contributed by atoms with Crippen LogP contribution in [-0.4, -0.2) is 35.2 Å². The van der Waals surface area contributed by atoms with E-state index in [-0.39, 0.29) is 11.6 Å². The van der Waals surface area contributed by atoms with Crippen molar-refractivity contribution in [2.75, 3.05) is 19.8 Å². The van der Waals surface area contributed by atoms with E-state index in [1.165, 1.54) is 5.56 Å². The summed E-state index contributed by atoms with van der Waals surface area (Å²) in [5.41, 5.74) is 8.74. The first-order valence-electron chi connectivity index (χ1n) is 7.07. The van der Waals surface area contributed by atoms with Gasteiger partial charge in [0.15, 0.2) is 0 Å². The van der Waals surface area contributed by atoms with E-state index in [0.29, 0.717) is 5.92 Å². The molecule has 2 aliphatic heterocycles. The van der Waals surface area contributed by atoms with Gasteiger partial charge in [-0.15, -0.1) is 0 Å². The number of nitrogens with zero attached hydrogens (tertiary/aromatic N) is 2. The monoisotopic (exact) mass is 265 g/mol. The number of rotatable bonds is 2. The van der Waals surface area contributed by atoms with Crippen molar-refractivity contribution >= 4 is 0 Å². The molecule has 2 aliphatic rings. The van der Waals surface area contributed by atoms with Crippen LogP contribution in [0.5, 0.6) is 0 Å². The summed E-state index contributed by atoms with van der Waals surface area (Å²) in [5.74, 6) is 0.457. The Morgan fingerprint density at radius 2 is 2.37 bits per heavy atom. The van der Waals surface area contributed by atoms with Crippen molar-refractivity contribution in [1.82, 2.24) is 9.78 Å². The van der Waals surface area contributed by atoms with Gasteiger partial charge in [-0.3, -0.25) is 4.68 Å². The Bertz CT molecular complexity index is 452. The molecule has 2 saturated heterocycles. The molecule has 106 valence electrons. The van der Waals surface area contributed by atoms with Gasteiger partial charge in [-0.1, -0.05) is 0 Å². The Hall–Kier alpha value is -0.910. The minimum Gasteiger partial charge on any atom is -0.378 e. The second kappa shape index (κ2) is 4.89. The Morgan fingerprint density at radius 1 is 1.53 bits per heavy atom.